The van der Waals surface area contributed by atoms with Crippen LogP contribution in [0.3, 0.4) is 0 Å². The highest BCUT2D eigenvalue weighted by atomic mass is 32.2. The number of thioether (sulfide) groups is 1. The van der Waals surface area contributed by atoms with E-state index in [1.165, 1.54) is 0 Å². The summed E-state index contributed by atoms with van der Waals surface area (Å²) in [4.78, 5) is 19.5. The average molecular weight is 316 g/mol. The number of carbonyl (C=O) groups is 1. The predicted molar refractivity (Wildman–Crippen MR) is 90.7 cm³/mol. The van der Waals surface area contributed by atoms with Crippen molar-refractivity contribution in [3.8, 4) is 0 Å². The van der Waals surface area contributed by atoms with Crippen molar-refractivity contribution in [2.75, 3.05) is 18.9 Å². The molecule has 0 bridgehead atoms. The Hall–Kier alpha value is -1.75. The molecule has 0 aromatic heterocycles. The lowest BCUT2D eigenvalue weighted by molar-refractivity contribution is -0.139. The van der Waals surface area contributed by atoms with Gasteiger partial charge in [0, 0.05) is 17.9 Å². The fourth-order valence-corrected chi connectivity index (χ4v) is 3.86. The minimum Gasteiger partial charge on any atom is -0.463 e. The van der Waals surface area contributed by atoms with Crippen LogP contribution in [0.5, 0.6) is 0 Å². The van der Waals surface area contributed by atoms with Crippen molar-refractivity contribution >= 4 is 28.6 Å². The van der Waals surface area contributed by atoms with Crippen LogP contribution in [0.2, 0.25) is 0 Å². The number of carbonyl (C=O) groups excluding carboxylic acids is 1. The smallest absolute Gasteiger partial charge is 0.338 e. The van der Waals surface area contributed by atoms with Crippen molar-refractivity contribution in [1.82, 2.24) is 4.90 Å². The van der Waals surface area contributed by atoms with Crippen LogP contribution in [0.25, 0.3) is 5.70 Å². The van der Waals surface area contributed by atoms with Crippen molar-refractivity contribution in [2.45, 2.75) is 26.3 Å². The lowest BCUT2D eigenvalue weighted by Gasteiger charge is -2.39. The molecule has 2 aliphatic rings. The minimum absolute atomic E-state index is 0.00504. The number of hydrogen-bond donors (Lipinski definition) is 0. The molecule has 2 heterocycles. The number of aliphatic imine (C=N–C) groups is 1. The summed E-state index contributed by atoms with van der Waals surface area (Å²) < 4.78 is 5.28. The van der Waals surface area contributed by atoms with E-state index in [-0.39, 0.29) is 12.0 Å². The summed E-state index contributed by atoms with van der Waals surface area (Å²) >= 11 is 1.77. The van der Waals surface area contributed by atoms with E-state index in [4.69, 9.17) is 9.73 Å². The number of esters is 1. The van der Waals surface area contributed by atoms with Gasteiger partial charge < -0.3 is 9.64 Å². The zero-order valence-electron chi connectivity index (χ0n) is 12.9. The second-order valence-electron chi connectivity index (χ2n) is 5.31. The van der Waals surface area contributed by atoms with E-state index < -0.39 is 0 Å². The Bertz CT molecular complexity index is 625. The molecule has 1 fully saturated rings. The maximum Gasteiger partial charge on any atom is 0.338 e. The van der Waals surface area contributed by atoms with Crippen LogP contribution >= 0.6 is 11.8 Å². The first-order chi connectivity index (χ1) is 10.7. The van der Waals surface area contributed by atoms with E-state index in [2.05, 4.69) is 11.8 Å². The van der Waals surface area contributed by atoms with Crippen LogP contribution in [0.1, 0.15) is 25.8 Å². The molecule has 22 heavy (non-hydrogen) atoms. The molecule has 1 aromatic rings. The SMILES string of the molecule is CCOC(=O)C1=C(c2ccccc2)N=C2SCCCN2[C@@H]1C. The van der Waals surface area contributed by atoms with Crippen LogP contribution in [-0.4, -0.2) is 41.0 Å². The highest BCUT2D eigenvalue weighted by Gasteiger charge is 2.35. The molecule has 0 unspecified atom stereocenters. The van der Waals surface area contributed by atoms with Crippen LogP contribution < -0.4 is 0 Å². The molecule has 4 nitrogen and oxygen atoms in total. The number of rotatable bonds is 3. The number of benzene rings is 1. The van der Waals surface area contributed by atoms with E-state index >= 15 is 0 Å². The van der Waals surface area contributed by atoms with Gasteiger partial charge in [-0.05, 0) is 20.3 Å². The summed E-state index contributed by atoms with van der Waals surface area (Å²) in [6.07, 6.45) is 1.12. The summed E-state index contributed by atoms with van der Waals surface area (Å²) in [6, 6.07) is 9.89. The van der Waals surface area contributed by atoms with Gasteiger partial charge >= 0.3 is 5.97 Å². The third-order valence-corrected chi connectivity index (χ3v) is 4.99. The van der Waals surface area contributed by atoms with Gasteiger partial charge in [-0.15, -0.1) is 0 Å². The summed E-state index contributed by atoms with van der Waals surface area (Å²) in [5.41, 5.74) is 2.39. The second kappa shape index (κ2) is 6.57. The van der Waals surface area contributed by atoms with E-state index in [0.29, 0.717) is 12.2 Å². The second-order valence-corrected chi connectivity index (χ2v) is 6.38. The quantitative estimate of drug-likeness (QED) is 0.803. The minimum atomic E-state index is -0.257. The van der Waals surface area contributed by atoms with Crippen molar-refractivity contribution in [1.29, 1.82) is 0 Å². The Labute approximate surface area is 135 Å². The van der Waals surface area contributed by atoms with Crippen LogP contribution in [0.4, 0.5) is 0 Å². The molecule has 0 amide bonds. The summed E-state index contributed by atoms with van der Waals surface area (Å²) in [5, 5.41) is 1.02. The Morgan fingerprint density at radius 2 is 2.18 bits per heavy atom. The summed E-state index contributed by atoms with van der Waals surface area (Å²) in [5.74, 6) is 0.825. The van der Waals surface area contributed by atoms with Crippen LogP contribution in [-0.2, 0) is 9.53 Å². The zero-order chi connectivity index (χ0) is 15.5. The molecule has 1 aromatic carbocycles. The molecule has 2 aliphatic heterocycles. The van der Waals surface area contributed by atoms with Gasteiger partial charge in [0.05, 0.1) is 23.9 Å². The van der Waals surface area contributed by atoms with E-state index in [0.717, 1.165) is 35.1 Å². The van der Waals surface area contributed by atoms with Gasteiger partial charge in [-0.3, -0.25) is 0 Å². The largest absolute Gasteiger partial charge is 0.463 e. The Morgan fingerprint density at radius 1 is 1.41 bits per heavy atom. The molecular formula is C17H20N2O2S. The molecule has 0 saturated carbocycles. The zero-order valence-corrected chi connectivity index (χ0v) is 13.7. The van der Waals surface area contributed by atoms with Crippen molar-refractivity contribution in [3.63, 3.8) is 0 Å². The predicted octanol–water partition coefficient (Wildman–Crippen LogP) is 3.16. The van der Waals surface area contributed by atoms with Gasteiger partial charge in [-0.1, -0.05) is 42.1 Å². The topological polar surface area (TPSA) is 41.9 Å². The maximum absolute atomic E-state index is 12.5. The molecule has 0 spiro atoms. The molecule has 0 radical (unpaired) electrons. The maximum atomic E-state index is 12.5. The monoisotopic (exact) mass is 316 g/mol. The molecule has 5 heteroatoms. The number of hydrogen-bond acceptors (Lipinski definition) is 5. The fourth-order valence-electron chi connectivity index (χ4n) is 2.83. The Balaban J connectivity index is 2.10. The molecule has 3 rings (SSSR count). The van der Waals surface area contributed by atoms with Gasteiger partial charge in [-0.25, -0.2) is 9.79 Å². The number of nitrogens with zero attached hydrogens (tertiary/aromatic N) is 2. The molecule has 0 N–H and O–H groups in total. The molecule has 0 aliphatic carbocycles. The fraction of sp³-hybridized carbons (Fsp3) is 0.412. The molecule has 1 saturated heterocycles. The Morgan fingerprint density at radius 3 is 2.91 bits per heavy atom. The summed E-state index contributed by atoms with van der Waals surface area (Å²) in [7, 11) is 0. The lowest BCUT2D eigenvalue weighted by Crippen LogP contribution is -2.45. The highest BCUT2D eigenvalue weighted by Crippen LogP contribution is 2.35. The third kappa shape index (κ3) is 2.77. The van der Waals surface area contributed by atoms with Crippen molar-refractivity contribution < 1.29 is 9.53 Å². The number of fused-ring (bicyclic) bond motifs is 1. The first-order valence-electron chi connectivity index (χ1n) is 7.67. The number of ether oxygens (including phenoxy) is 1. The molecular weight excluding hydrogens is 296 g/mol. The van der Waals surface area contributed by atoms with Crippen LogP contribution in [0, 0.1) is 0 Å². The first-order valence-corrected chi connectivity index (χ1v) is 8.65. The van der Waals surface area contributed by atoms with E-state index in [1.54, 1.807) is 11.8 Å². The van der Waals surface area contributed by atoms with Gasteiger partial charge in [0.2, 0.25) is 0 Å². The van der Waals surface area contributed by atoms with E-state index in [9.17, 15) is 4.79 Å². The molecule has 1 atom stereocenters. The van der Waals surface area contributed by atoms with Crippen LogP contribution in [0.15, 0.2) is 40.9 Å². The van der Waals surface area contributed by atoms with Crippen molar-refractivity contribution in [2.24, 2.45) is 4.99 Å². The van der Waals surface area contributed by atoms with Gasteiger partial charge in [0.1, 0.15) is 0 Å². The summed E-state index contributed by atoms with van der Waals surface area (Å²) in [6.45, 7) is 5.22. The van der Waals surface area contributed by atoms with Gasteiger partial charge in [0.15, 0.2) is 5.17 Å². The Kier molecular flexibility index (Phi) is 4.52. The highest BCUT2D eigenvalue weighted by molar-refractivity contribution is 8.13. The number of amidine groups is 1. The normalized spacial score (nSPS) is 21.3. The van der Waals surface area contributed by atoms with E-state index in [1.807, 2.05) is 37.3 Å². The van der Waals surface area contributed by atoms with Gasteiger partial charge in [-0.2, -0.15) is 0 Å². The average Bonchev–Trinajstić information content (AvgIpc) is 2.55. The molecule has 116 valence electrons. The third-order valence-electron chi connectivity index (χ3n) is 3.91. The lowest BCUT2D eigenvalue weighted by atomic mass is 9.98. The van der Waals surface area contributed by atoms with Crippen molar-refractivity contribution in [3.05, 3.63) is 41.5 Å². The standard InChI is InChI=1S/C17H20N2O2S/c1-3-21-16(20)14-12(2)19-10-7-11-22-17(19)18-15(14)13-8-5-4-6-9-13/h4-6,8-9,12H,3,7,10-11H2,1-2H3/t12-/m1/s1. The van der Waals surface area contributed by atoms with Gasteiger partial charge in [0.25, 0.3) is 0 Å². The first kappa shape index (κ1) is 15.2.